The lowest BCUT2D eigenvalue weighted by Crippen LogP contribution is -2.50. The van der Waals surface area contributed by atoms with Crippen LogP contribution in [0.4, 0.5) is 0 Å². The van der Waals surface area contributed by atoms with Crippen molar-refractivity contribution in [2.24, 2.45) is 7.05 Å². The minimum atomic E-state index is -0.598. The van der Waals surface area contributed by atoms with Crippen LogP contribution in [0.2, 0.25) is 0 Å². The van der Waals surface area contributed by atoms with Crippen LogP contribution in [0.5, 0.6) is 5.75 Å². The van der Waals surface area contributed by atoms with E-state index in [0.29, 0.717) is 38.8 Å². The maximum Gasteiger partial charge on any atom is 0.260 e. The molecule has 0 unspecified atom stereocenters. The predicted octanol–water partition coefficient (Wildman–Crippen LogP) is 2.60. The number of rotatable bonds is 7. The first-order valence-corrected chi connectivity index (χ1v) is 13.1. The highest BCUT2D eigenvalue weighted by Crippen LogP contribution is 2.21. The van der Waals surface area contributed by atoms with E-state index in [9.17, 15) is 14.4 Å². The molecule has 3 rings (SSSR count). The summed E-state index contributed by atoms with van der Waals surface area (Å²) in [5.41, 5.74) is 3.22. The zero-order chi connectivity index (χ0) is 26.9. The topological polar surface area (TPSA) is 88.0 Å². The summed E-state index contributed by atoms with van der Waals surface area (Å²) in [5, 5.41) is 4.24. The monoisotopic (exact) mass is 511 g/mol. The number of carbonyl (C=O) groups excluding carboxylic acids is 3. The maximum atomic E-state index is 13.3. The molecule has 1 aromatic heterocycles. The lowest BCUT2D eigenvalue weighted by atomic mass is 10.1. The predicted molar refractivity (Wildman–Crippen MR) is 142 cm³/mol. The number of benzene rings is 1. The van der Waals surface area contributed by atoms with E-state index in [1.807, 2.05) is 49.1 Å². The molecule has 0 saturated heterocycles. The van der Waals surface area contributed by atoms with E-state index in [0.717, 1.165) is 41.8 Å². The van der Waals surface area contributed by atoms with E-state index >= 15 is 0 Å². The normalized spacial score (nSPS) is 17.4. The van der Waals surface area contributed by atoms with Crippen LogP contribution < -0.4 is 4.74 Å². The summed E-state index contributed by atoms with van der Waals surface area (Å²) in [4.78, 5) is 44.0. The third-order valence-electron chi connectivity index (χ3n) is 7.38. The first kappa shape index (κ1) is 28.2. The summed E-state index contributed by atoms with van der Waals surface area (Å²) in [5.74, 6) is 0.463. The van der Waals surface area contributed by atoms with Gasteiger partial charge in [0.05, 0.1) is 6.20 Å². The smallest absolute Gasteiger partial charge is 0.260 e. The number of amides is 3. The van der Waals surface area contributed by atoms with Gasteiger partial charge < -0.3 is 19.4 Å². The summed E-state index contributed by atoms with van der Waals surface area (Å²) in [6, 6.07) is 7.19. The Hall–Kier alpha value is -3.36. The van der Waals surface area contributed by atoms with Gasteiger partial charge in [-0.2, -0.15) is 5.10 Å². The van der Waals surface area contributed by atoms with Crippen LogP contribution in [0.3, 0.4) is 0 Å². The summed E-state index contributed by atoms with van der Waals surface area (Å²) in [7, 11) is 7.14. The lowest BCUT2D eigenvalue weighted by molar-refractivity contribution is -0.145. The van der Waals surface area contributed by atoms with Crippen molar-refractivity contribution in [2.45, 2.75) is 57.9 Å². The minimum Gasteiger partial charge on any atom is -0.483 e. The van der Waals surface area contributed by atoms with Crippen molar-refractivity contribution in [1.29, 1.82) is 0 Å². The first-order valence-electron chi connectivity index (χ1n) is 13.1. The van der Waals surface area contributed by atoms with Gasteiger partial charge in [-0.05, 0) is 62.6 Å². The number of aromatic nitrogens is 2. The Labute approximate surface area is 220 Å². The molecule has 1 aromatic carbocycles. The fourth-order valence-electron chi connectivity index (χ4n) is 4.65. The molecule has 0 bridgehead atoms. The Morgan fingerprint density at radius 3 is 2.65 bits per heavy atom. The Morgan fingerprint density at radius 2 is 1.92 bits per heavy atom. The van der Waals surface area contributed by atoms with Crippen LogP contribution in [0.1, 0.15) is 48.9 Å². The van der Waals surface area contributed by atoms with Crippen molar-refractivity contribution in [3.63, 3.8) is 0 Å². The van der Waals surface area contributed by atoms with Crippen molar-refractivity contribution in [3.8, 4) is 5.75 Å². The Kier molecular flexibility index (Phi) is 10.1. The second kappa shape index (κ2) is 13.3. The zero-order valence-corrected chi connectivity index (χ0v) is 22.9. The van der Waals surface area contributed by atoms with Gasteiger partial charge in [-0.1, -0.05) is 18.2 Å². The third-order valence-corrected chi connectivity index (χ3v) is 7.38. The molecule has 9 heteroatoms. The van der Waals surface area contributed by atoms with Crippen molar-refractivity contribution in [3.05, 3.63) is 47.3 Å². The highest BCUT2D eigenvalue weighted by Gasteiger charge is 2.29. The molecule has 37 heavy (non-hydrogen) atoms. The van der Waals surface area contributed by atoms with E-state index < -0.39 is 6.04 Å². The molecule has 0 fully saturated rings. The Morgan fingerprint density at radius 1 is 1.16 bits per heavy atom. The van der Waals surface area contributed by atoms with E-state index in [1.165, 1.54) is 4.90 Å². The van der Waals surface area contributed by atoms with E-state index in [1.54, 1.807) is 30.9 Å². The van der Waals surface area contributed by atoms with Crippen LogP contribution in [-0.4, -0.2) is 89.1 Å². The van der Waals surface area contributed by atoms with Gasteiger partial charge in [0.2, 0.25) is 11.8 Å². The summed E-state index contributed by atoms with van der Waals surface area (Å²) in [6.07, 6.45) is 6.59. The fraction of sp³-hybridized carbons (Fsp3) is 0.571. The SMILES string of the molecule is Cc1c(CCC(=O)N(C)CCC[C@H]2C(=O)N(C)CCCCc3ccccc3OCC(=O)N2C)cnn1C. The van der Waals surface area contributed by atoms with E-state index in [2.05, 4.69) is 5.10 Å². The zero-order valence-electron chi connectivity index (χ0n) is 22.9. The molecular weight excluding hydrogens is 470 g/mol. The molecule has 0 aliphatic carbocycles. The molecule has 202 valence electrons. The second-order valence-electron chi connectivity index (χ2n) is 9.97. The van der Waals surface area contributed by atoms with Crippen molar-refractivity contribution in [1.82, 2.24) is 24.5 Å². The van der Waals surface area contributed by atoms with Gasteiger partial charge in [-0.25, -0.2) is 0 Å². The number of fused-ring (bicyclic) bond motifs is 1. The number of nitrogens with zero attached hydrogens (tertiary/aromatic N) is 5. The summed E-state index contributed by atoms with van der Waals surface area (Å²) >= 11 is 0. The standard InChI is InChI=1S/C28H41N5O4/c1-21-23(19-29-33(21)5)15-16-26(34)30(2)18-10-13-24-28(36)31(3)17-9-8-12-22-11-6-7-14-25(22)37-20-27(35)32(24)4/h6-7,11,14,19,24H,8-10,12-13,15-18,20H2,1-5H3/t24-/m0/s1. The van der Waals surface area contributed by atoms with Crippen LogP contribution in [-0.2, 0) is 34.3 Å². The molecule has 1 aliphatic heterocycles. The number of hydrogen-bond acceptors (Lipinski definition) is 5. The van der Waals surface area contributed by atoms with Gasteiger partial charge in [0.15, 0.2) is 6.61 Å². The number of likely N-dealkylation sites (N-methyl/N-ethyl adjacent to an activating group) is 2. The molecule has 1 aliphatic rings. The maximum absolute atomic E-state index is 13.3. The largest absolute Gasteiger partial charge is 0.483 e. The van der Waals surface area contributed by atoms with Gasteiger partial charge in [-0.15, -0.1) is 0 Å². The van der Waals surface area contributed by atoms with Crippen LogP contribution >= 0.6 is 0 Å². The summed E-state index contributed by atoms with van der Waals surface area (Å²) in [6.45, 7) is 3.03. The number of ether oxygens (including phenoxy) is 1. The molecule has 2 heterocycles. The van der Waals surface area contributed by atoms with Crippen molar-refractivity contribution < 1.29 is 19.1 Å². The number of carbonyl (C=O) groups is 3. The number of para-hydroxylation sites is 1. The molecule has 0 saturated carbocycles. The average molecular weight is 512 g/mol. The molecule has 9 nitrogen and oxygen atoms in total. The van der Waals surface area contributed by atoms with Crippen molar-refractivity contribution >= 4 is 17.7 Å². The Balaban J connectivity index is 1.59. The highest BCUT2D eigenvalue weighted by molar-refractivity contribution is 5.88. The fourth-order valence-corrected chi connectivity index (χ4v) is 4.65. The Bertz CT molecular complexity index is 1080. The van der Waals surface area contributed by atoms with Gasteiger partial charge in [0.1, 0.15) is 11.8 Å². The van der Waals surface area contributed by atoms with Gasteiger partial charge in [0, 0.05) is 53.4 Å². The minimum absolute atomic E-state index is 0.0538. The molecule has 0 spiro atoms. The quantitative estimate of drug-likeness (QED) is 0.570. The third kappa shape index (κ3) is 7.57. The van der Waals surface area contributed by atoms with Gasteiger partial charge in [0.25, 0.3) is 5.91 Å². The number of hydrogen-bond donors (Lipinski definition) is 0. The second-order valence-corrected chi connectivity index (χ2v) is 9.97. The average Bonchev–Trinajstić information content (AvgIpc) is 3.22. The number of aryl methyl sites for hydroxylation is 3. The highest BCUT2D eigenvalue weighted by atomic mass is 16.5. The first-order chi connectivity index (χ1) is 17.7. The summed E-state index contributed by atoms with van der Waals surface area (Å²) < 4.78 is 7.68. The van der Waals surface area contributed by atoms with Gasteiger partial charge in [-0.3, -0.25) is 19.1 Å². The van der Waals surface area contributed by atoms with Gasteiger partial charge >= 0.3 is 0 Å². The van der Waals surface area contributed by atoms with Crippen LogP contribution in [0, 0.1) is 6.92 Å². The molecule has 0 N–H and O–H groups in total. The van der Waals surface area contributed by atoms with E-state index in [4.69, 9.17) is 4.74 Å². The molecule has 2 aromatic rings. The molecule has 1 atom stereocenters. The molecule has 3 amide bonds. The molecular formula is C28H41N5O4. The molecule has 0 radical (unpaired) electrons. The van der Waals surface area contributed by atoms with E-state index in [-0.39, 0.29) is 24.3 Å². The van der Waals surface area contributed by atoms with Crippen LogP contribution in [0.15, 0.2) is 30.5 Å². The van der Waals surface area contributed by atoms with Crippen LogP contribution in [0.25, 0.3) is 0 Å². The van der Waals surface area contributed by atoms with Crippen molar-refractivity contribution in [2.75, 3.05) is 40.8 Å². The lowest BCUT2D eigenvalue weighted by Gasteiger charge is -2.31.